The van der Waals surface area contributed by atoms with Crippen molar-refractivity contribution in [1.29, 1.82) is 0 Å². The molecule has 1 saturated heterocycles. The highest BCUT2D eigenvalue weighted by atomic mass is 16.5. The summed E-state index contributed by atoms with van der Waals surface area (Å²) in [6, 6.07) is 3.48. The summed E-state index contributed by atoms with van der Waals surface area (Å²) in [7, 11) is 1.53. The average molecular weight is 376 g/mol. The maximum Gasteiger partial charge on any atom is 0.326 e. The summed E-state index contributed by atoms with van der Waals surface area (Å²) in [5.41, 5.74) is 0.528. The number of nitrogens with zero attached hydrogens (tertiary/aromatic N) is 1. The maximum atomic E-state index is 13.1. The molecular weight excluding hydrogens is 348 g/mol. The highest BCUT2D eigenvalue weighted by molar-refractivity contribution is 5.99. The van der Waals surface area contributed by atoms with Gasteiger partial charge in [-0.05, 0) is 37.3 Å². The van der Waals surface area contributed by atoms with Gasteiger partial charge in [0, 0.05) is 17.7 Å². The van der Waals surface area contributed by atoms with Gasteiger partial charge in [-0.15, -0.1) is 0 Å². The molecule has 27 heavy (non-hydrogen) atoms. The second-order valence-electron chi connectivity index (χ2n) is 7.93. The molecule has 1 heterocycles. The molecule has 2 amide bonds. The van der Waals surface area contributed by atoms with Gasteiger partial charge in [0.15, 0.2) is 0 Å². The number of methoxy groups -OCH3 is 1. The van der Waals surface area contributed by atoms with Crippen LogP contribution in [0.15, 0.2) is 18.2 Å². The van der Waals surface area contributed by atoms with Crippen molar-refractivity contribution in [3.63, 3.8) is 0 Å². The van der Waals surface area contributed by atoms with Gasteiger partial charge in [-0.3, -0.25) is 9.59 Å². The number of nitrogens with one attached hydrogen (secondary N) is 1. The molecule has 1 aliphatic heterocycles. The number of benzene rings is 1. The molecule has 148 valence electrons. The van der Waals surface area contributed by atoms with Crippen molar-refractivity contribution in [3.05, 3.63) is 29.3 Å². The van der Waals surface area contributed by atoms with Crippen LogP contribution in [-0.4, -0.2) is 53.5 Å². The first kappa shape index (κ1) is 20.7. The van der Waals surface area contributed by atoms with E-state index >= 15 is 0 Å². The molecule has 2 N–H and O–H groups in total. The minimum Gasteiger partial charge on any atom is -0.496 e. The molecule has 0 aliphatic carbocycles. The standard InChI is InChI=1S/C20H28N2O5/c1-12-13(8-6-10-15(12)27-5)17(23)21-16(20(2,3)4)18(24)22-11-7-9-14(22)19(25)26/h6,8,10,14,16H,7,9,11H2,1-5H3,(H,21,23)(H,25,26)/t14-,16+/m0/s1. The lowest BCUT2D eigenvalue weighted by Crippen LogP contribution is -2.56. The zero-order valence-electron chi connectivity index (χ0n) is 16.5. The van der Waals surface area contributed by atoms with Crippen molar-refractivity contribution in [2.24, 2.45) is 5.41 Å². The number of carboxylic acid groups (broad SMARTS) is 1. The van der Waals surface area contributed by atoms with E-state index in [1.807, 2.05) is 20.8 Å². The van der Waals surface area contributed by atoms with Crippen LogP contribution in [0.4, 0.5) is 0 Å². The molecule has 0 bridgehead atoms. The van der Waals surface area contributed by atoms with Crippen LogP contribution in [0.1, 0.15) is 49.5 Å². The number of amides is 2. The van der Waals surface area contributed by atoms with Crippen LogP contribution in [0.5, 0.6) is 5.75 Å². The Bertz CT molecular complexity index is 738. The minimum atomic E-state index is -1.01. The Morgan fingerprint density at radius 1 is 1.30 bits per heavy atom. The minimum absolute atomic E-state index is 0.360. The number of likely N-dealkylation sites (tertiary alicyclic amines) is 1. The Balaban J connectivity index is 2.29. The van der Waals surface area contributed by atoms with Gasteiger partial charge in [-0.2, -0.15) is 0 Å². The molecule has 2 rings (SSSR count). The lowest BCUT2D eigenvalue weighted by molar-refractivity contribution is -0.150. The smallest absolute Gasteiger partial charge is 0.326 e. The fourth-order valence-electron chi connectivity index (χ4n) is 3.39. The monoisotopic (exact) mass is 376 g/mol. The molecule has 7 heteroatoms. The van der Waals surface area contributed by atoms with Crippen LogP contribution in [0, 0.1) is 12.3 Å². The molecule has 1 aromatic carbocycles. The van der Waals surface area contributed by atoms with E-state index in [2.05, 4.69) is 5.32 Å². The van der Waals surface area contributed by atoms with Crippen LogP contribution >= 0.6 is 0 Å². The van der Waals surface area contributed by atoms with Crippen molar-refractivity contribution in [1.82, 2.24) is 10.2 Å². The molecule has 0 unspecified atom stereocenters. The third kappa shape index (κ3) is 4.40. The van der Waals surface area contributed by atoms with Crippen molar-refractivity contribution in [2.75, 3.05) is 13.7 Å². The largest absolute Gasteiger partial charge is 0.496 e. The first-order valence-corrected chi connectivity index (χ1v) is 9.05. The predicted molar refractivity (Wildman–Crippen MR) is 101 cm³/mol. The second-order valence-corrected chi connectivity index (χ2v) is 7.93. The van der Waals surface area contributed by atoms with Crippen LogP contribution in [-0.2, 0) is 9.59 Å². The number of carboxylic acids is 1. The molecule has 0 saturated carbocycles. The Hall–Kier alpha value is -2.57. The Morgan fingerprint density at radius 2 is 1.96 bits per heavy atom. The molecule has 1 fully saturated rings. The Kier molecular flexibility index (Phi) is 6.13. The van der Waals surface area contributed by atoms with Gasteiger partial charge in [0.05, 0.1) is 7.11 Å². The normalized spacial score (nSPS) is 18.1. The van der Waals surface area contributed by atoms with Gasteiger partial charge in [0.1, 0.15) is 17.8 Å². The quantitative estimate of drug-likeness (QED) is 0.821. The molecule has 0 aromatic heterocycles. The average Bonchev–Trinajstić information content (AvgIpc) is 3.08. The van der Waals surface area contributed by atoms with Crippen molar-refractivity contribution in [3.8, 4) is 5.75 Å². The van der Waals surface area contributed by atoms with E-state index in [9.17, 15) is 19.5 Å². The van der Waals surface area contributed by atoms with Gasteiger partial charge in [-0.25, -0.2) is 4.79 Å². The van der Waals surface area contributed by atoms with Gasteiger partial charge in [0.25, 0.3) is 5.91 Å². The number of carbonyl (C=O) groups excluding carboxylic acids is 2. The van der Waals surface area contributed by atoms with Gasteiger partial charge >= 0.3 is 5.97 Å². The first-order valence-electron chi connectivity index (χ1n) is 9.05. The summed E-state index contributed by atoms with van der Waals surface area (Å²) in [6.45, 7) is 7.71. The van der Waals surface area contributed by atoms with Gasteiger partial charge in [0.2, 0.25) is 5.91 Å². The molecule has 1 aliphatic rings. The van der Waals surface area contributed by atoms with E-state index in [0.29, 0.717) is 36.3 Å². The summed E-state index contributed by atoms with van der Waals surface area (Å²) in [5, 5.41) is 12.2. The van der Waals surface area contributed by atoms with E-state index < -0.39 is 23.5 Å². The number of hydrogen-bond donors (Lipinski definition) is 2. The SMILES string of the molecule is COc1cccc(C(=O)N[C@H](C(=O)N2CCC[C@H]2C(=O)O)C(C)(C)C)c1C. The Labute approximate surface area is 159 Å². The highest BCUT2D eigenvalue weighted by Crippen LogP contribution is 2.27. The lowest BCUT2D eigenvalue weighted by atomic mass is 9.85. The van der Waals surface area contributed by atoms with Crippen LogP contribution < -0.4 is 10.1 Å². The van der Waals surface area contributed by atoms with E-state index in [0.717, 1.165) is 0 Å². The molecular formula is C20H28N2O5. The fraction of sp³-hybridized carbons (Fsp3) is 0.550. The highest BCUT2D eigenvalue weighted by Gasteiger charge is 2.42. The molecule has 0 radical (unpaired) electrons. The summed E-state index contributed by atoms with van der Waals surface area (Å²) in [6.07, 6.45) is 1.07. The zero-order valence-corrected chi connectivity index (χ0v) is 16.5. The summed E-state index contributed by atoms with van der Waals surface area (Å²) < 4.78 is 5.26. The Morgan fingerprint density at radius 3 is 2.52 bits per heavy atom. The number of rotatable bonds is 5. The molecule has 2 atom stereocenters. The van der Waals surface area contributed by atoms with Gasteiger partial charge in [-0.1, -0.05) is 26.8 Å². The van der Waals surface area contributed by atoms with Gasteiger partial charge < -0.3 is 20.1 Å². The summed E-state index contributed by atoms with van der Waals surface area (Å²) in [4.78, 5) is 38.8. The predicted octanol–water partition coefficient (Wildman–Crippen LogP) is 2.22. The maximum absolute atomic E-state index is 13.1. The third-order valence-electron chi connectivity index (χ3n) is 4.96. The topological polar surface area (TPSA) is 95.9 Å². The molecule has 7 nitrogen and oxygen atoms in total. The van der Waals surface area contributed by atoms with Crippen LogP contribution in [0.3, 0.4) is 0 Å². The van der Waals surface area contributed by atoms with Crippen molar-refractivity contribution >= 4 is 17.8 Å². The van der Waals surface area contributed by atoms with Crippen LogP contribution in [0.2, 0.25) is 0 Å². The molecule has 0 spiro atoms. The molecule has 1 aromatic rings. The van der Waals surface area contributed by atoms with E-state index in [1.54, 1.807) is 25.1 Å². The first-order chi connectivity index (χ1) is 12.6. The van der Waals surface area contributed by atoms with E-state index in [-0.39, 0.29) is 11.8 Å². The summed E-state index contributed by atoms with van der Waals surface area (Å²) in [5.74, 6) is -1.16. The second kappa shape index (κ2) is 7.98. The lowest BCUT2D eigenvalue weighted by Gasteiger charge is -2.35. The number of ether oxygens (including phenoxy) is 1. The number of hydrogen-bond acceptors (Lipinski definition) is 4. The zero-order chi connectivity index (χ0) is 20.4. The number of aliphatic carboxylic acids is 1. The van der Waals surface area contributed by atoms with E-state index in [1.165, 1.54) is 12.0 Å². The van der Waals surface area contributed by atoms with Crippen LogP contribution in [0.25, 0.3) is 0 Å². The number of carbonyl (C=O) groups is 3. The third-order valence-corrected chi connectivity index (χ3v) is 4.96. The fourth-order valence-corrected chi connectivity index (χ4v) is 3.39. The van der Waals surface area contributed by atoms with Crippen molar-refractivity contribution < 1.29 is 24.2 Å². The summed E-state index contributed by atoms with van der Waals surface area (Å²) >= 11 is 0. The van der Waals surface area contributed by atoms with E-state index in [4.69, 9.17) is 4.74 Å². The van der Waals surface area contributed by atoms with Crippen molar-refractivity contribution in [2.45, 2.75) is 52.6 Å².